The van der Waals surface area contributed by atoms with Gasteiger partial charge in [0.25, 0.3) is 0 Å². The van der Waals surface area contributed by atoms with Crippen molar-refractivity contribution in [3.8, 4) is 0 Å². The normalized spacial score (nSPS) is 17.2. The molecule has 0 aliphatic carbocycles. The third-order valence-corrected chi connectivity index (χ3v) is 5.20. The number of piperazine rings is 1. The summed E-state index contributed by atoms with van der Waals surface area (Å²) in [5, 5.41) is 0. The van der Waals surface area contributed by atoms with Gasteiger partial charge in [-0.1, -0.05) is 19.1 Å². The van der Waals surface area contributed by atoms with Crippen LogP contribution >= 0.6 is 0 Å². The first-order valence-corrected chi connectivity index (χ1v) is 9.14. The largest absolute Gasteiger partial charge is 0.466 e. The Labute approximate surface area is 146 Å². The quantitative estimate of drug-likeness (QED) is 0.805. The number of furan rings is 1. The van der Waals surface area contributed by atoms with E-state index in [1.807, 2.05) is 6.92 Å². The van der Waals surface area contributed by atoms with Gasteiger partial charge in [0.2, 0.25) is 0 Å². The predicted molar refractivity (Wildman–Crippen MR) is 101 cm³/mol. The van der Waals surface area contributed by atoms with Gasteiger partial charge < -0.3 is 9.32 Å². The zero-order valence-electron chi connectivity index (χ0n) is 15.5. The molecule has 1 aromatic carbocycles. The molecule has 1 fully saturated rings. The Kier molecular flexibility index (Phi) is 5.30. The van der Waals surface area contributed by atoms with Gasteiger partial charge in [-0.25, -0.2) is 0 Å². The molecule has 1 saturated heterocycles. The van der Waals surface area contributed by atoms with Crippen LogP contribution in [0.3, 0.4) is 0 Å². The highest BCUT2D eigenvalue weighted by molar-refractivity contribution is 5.55. The first-order valence-electron chi connectivity index (χ1n) is 9.14. The van der Waals surface area contributed by atoms with Crippen LogP contribution < -0.4 is 4.90 Å². The van der Waals surface area contributed by atoms with Crippen molar-refractivity contribution in [1.82, 2.24) is 4.90 Å². The topological polar surface area (TPSA) is 19.6 Å². The molecule has 0 radical (unpaired) electrons. The van der Waals surface area contributed by atoms with Crippen LogP contribution in [0.15, 0.2) is 34.7 Å². The molecule has 2 heterocycles. The average Bonchev–Trinajstić information content (AvgIpc) is 3.02. The van der Waals surface area contributed by atoms with E-state index in [0.717, 1.165) is 50.7 Å². The maximum atomic E-state index is 5.76. The van der Waals surface area contributed by atoms with E-state index in [9.17, 15) is 0 Å². The Bertz CT molecular complexity index is 668. The van der Waals surface area contributed by atoms with Gasteiger partial charge in [-0.2, -0.15) is 0 Å². The van der Waals surface area contributed by atoms with E-state index in [4.69, 9.17) is 4.42 Å². The second-order valence-electron chi connectivity index (χ2n) is 7.26. The van der Waals surface area contributed by atoms with E-state index in [1.54, 1.807) is 0 Å². The molecule has 1 aliphatic heterocycles. The number of anilines is 1. The number of rotatable bonds is 5. The van der Waals surface area contributed by atoms with Crippen LogP contribution in [-0.2, 0) is 0 Å². The Morgan fingerprint density at radius 1 is 1.00 bits per heavy atom. The summed E-state index contributed by atoms with van der Waals surface area (Å²) in [6, 6.07) is 11.0. The molecular weight excluding hydrogens is 296 g/mol. The van der Waals surface area contributed by atoms with Crippen LogP contribution in [-0.4, -0.2) is 37.6 Å². The SMILES string of the molecule is Cc1ccc(C)c(N2CCN(CC[C@@H](C)c3ccc(C)o3)CC2)c1. The van der Waals surface area contributed by atoms with Crippen molar-refractivity contribution in [1.29, 1.82) is 0 Å². The maximum absolute atomic E-state index is 5.76. The zero-order valence-corrected chi connectivity index (χ0v) is 15.5. The Morgan fingerprint density at radius 2 is 1.75 bits per heavy atom. The molecule has 3 nitrogen and oxygen atoms in total. The van der Waals surface area contributed by atoms with E-state index in [2.05, 4.69) is 60.9 Å². The Balaban J connectivity index is 1.49. The predicted octanol–water partition coefficient (Wildman–Crippen LogP) is 4.52. The van der Waals surface area contributed by atoms with Crippen molar-refractivity contribution in [3.63, 3.8) is 0 Å². The molecule has 0 spiro atoms. The lowest BCUT2D eigenvalue weighted by molar-refractivity contribution is 0.246. The van der Waals surface area contributed by atoms with E-state index in [-0.39, 0.29) is 0 Å². The van der Waals surface area contributed by atoms with Crippen molar-refractivity contribution >= 4 is 5.69 Å². The van der Waals surface area contributed by atoms with Crippen LogP contribution in [0.4, 0.5) is 5.69 Å². The Hall–Kier alpha value is -1.74. The molecule has 1 atom stereocenters. The molecule has 0 N–H and O–H groups in total. The molecule has 24 heavy (non-hydrogen) atoms. The number of aryl methyl sites for hydroxylation is 3. The highest BCUT2D eigenvalue weighted by Crippen LogP contribution is 2.24. The molecular formula is C21H30N2O. The fraction of sp³-hybridized carbons (Fsp3) is 0.524. The minimum atomic E-state index is 0.496. The van der Waals surface area contributed by atoms with Gasteiger partial charge in [-0.3, -0.25) is 4.90 Å². The molecule has 0 saturated carbocycles. The van der Waals surface area contributed by atoms with Crippen molar-refractivity contribution in [2.24, 2.45) is 0 Å². The summed E-state index contributed by atoms with van der Waals surface area (Å²) in [7, 11) is 0. The molecule has 2 aromatic rings. The van der Waals surface area contributed by atoms with Gasteiger partial charge in [0.1, 0.15) is 11.5 Å². The summed E-state index contributed by atoms with van der Waals surface area (Å²) >= 11 is 0. The number of benzene rings is 1. The first-order chi connectivity index (χ1) is 11.5. The molecule has 1 aromatic heterocycles. The van der Waals surface area contributed by atoms with E-state index >= 15 is 0 Å². The van der Waals surface area contributed by atoms with Gasteiger partial charge in [-0.15, -0.1) is 0 Å². The summed E-state index contributed by atoms with van der Waals surface area (Å²) in [5.74, 6) is 2.64. The summed E-state index contributed by atoms with van der Waals surface area (Å²) in [6.07, 6.45) is 1.16. The second kappa shape index (κ2) is 7.43. The summed E-state index contributed by atoms with van der Waals surface area (Å²) in [5.41, 5.74) is 4.14. The standard InChI is InChI=1S/C21H30N2O/c1-16-5-6-17(2)20(15-16)23-13-11-22(12-14-23)10-9-18(3)21-8-7-19(4)24-21/h5-8,15,18H,9-14H2,1-4H3/t18-/m1/s1. The number of hydrogen-bond acceptors (Lipinski definition) is 3. The third kappa shape index (κ3) is 4.02. The van der Waals surface area contributed by atoms with Crippen LogP contribution in [0.1, 0.15) is 41.9 Å². The van der Waals surface area contributed by atoms with E-state index < -0.39 is 0 Å². The van der Waals surface area contributed by atoms with Crippen molar-refractivity contribution in [2.45, 2.75) is 40.0 Å². The lowest BCUT2D eigenvalue weighted by atomic mass is 10.0. The molecule has 130 valence electrons. The zero-order chi connectivity index (χ0) is 17.1. The fourth-order valence-corrected chi connectivity index (χ4v) is 3.51. The minimum absolute atomic E-state index is 0.496. The molecule has 1 aliphatic rings. The lowest BCUT2D eigenvalue weighted by Crippen LogP contribution is -2.47. The molecule has 0 amide bonds. The molecule has 3 rings (SSSR count). The Morgan fingerprint density at radius 3 is 2.42 bits per heavy atom. The van der Waals surface area contributed by atoms with Crippen LogP contribution in [0.5, 0.6) is 0 Å². The highest BCUT2D eigenvalue weighted by Gasteiger charge is 2.19. The summed E-state index contributed by atoms with van der Waals surface area (Å²) < 4.78 is 5.76. The van der Waals surface area contributed by atoms with Gasteiger partial charge in [-0.05, 0) is 63.1 Å². The van der Waals surface area contributed by atoms with Gasteiger partial charge in [0.05, 0.1) is 0 Å². The summed E-state index contributed by atoms with van der Waals surface area (Å²) in [4.78, 5) is 5.13. The van der Waals surface area contributed by atoms with E-state index in [1.165, 1.54) is 16.8 Å². The smallest absolute Gasteiger partial charge is 0.107 e. The van der Waals surface area contributed by atoms with E-state index in [0.29, 0.717) is 5.92 Å². The van der Waals surface area contributed by atoms with Crippen LogP contribution in [0.25, 0.3) is 0 Å². The van der Waals surface area contributed by atoms with Gasteiger partial charge in [0, 0.05) is 37.8 Å². The van der Waals surface area contributed by atoms with Crippen molar-refractivity contribution in [2.75, 3.05) is 37.6 Å². The first kappa shape index (κ1) is 17.1. The van der Waals surface area contributed by atoms with Gasteiger partial charge >= 0.3 is 0 Å². The van der Waals surface area contributed by atoms with Crippen molar-refractivity contribution < 1.29 is 4.42 Å². The average molecular weight is 326 g/mol. The second-order valence-corrected chi connectivity index (χ2v) is 7.26. The maximum Gasteiger partial charge on any atom is 0.107 e. The van der Waals surface area contributed by atoms with Crippen LogP contribution in [0.2, 0.25) is 0 Å². The van der Waals surface area contributed by atoms with Crippen molar-refractivity contribution in [3.05, 3.63) is 53.0 Å². The molecule has 0 unspecified atom stereocenters. The van der Waals surface area contributed by atoms with Gasteiger partial charge in [0.15, 0.2) is 0 Å². The third-order valence-electron chi connectivity index (χ3n) is 5.20. The number of hydrogen-bond donors (Lipinski definition) is 0. The summed E-state index contributed by atoms with van der Waals surface area (Å²) in [6.45, 7) is 14.4. The number of nitrogens with zero attached hydrogens (tertiary/aromatic N) is 2. The minimum Gasteiger partial charge on any atom is -0.466 e. The molecule has 3 heteroatoms. The molecule has 0 bridgehead atoms. The lowest BCUT2D eigenvalue weighted by Gasteiger charge is -2.37. The monoisotopic (exact) mass is 326 g/mol. The highest BCUT2D eigenvalue weighted by atomic mass is 16.3. The fourth-order valence-electron chi connectivity index (χ4n) is 3.51. The van der Waals surface area contributed by atoms with Crippen LogP contribution in [0, 0.1) is 20.8 Å².